The second kappa shape index (κ2) is 8.93. The molecule has 1 N–H and O–H groups in total. The smallest absolute Gasteiger partial charge is 0.304 e. The average molecular weight is 434 g/mol. The van der Waals surface area contributed by atoms with Crippen molar-refractivity contribution < 1.29 is 22.7 Å². The van der Waals surface area contributed by atoms with Gasteiger partial charge < -0.3 is 14.8 Å². The monoisotopic (exact) mass is 433 g/mol. The first kappa shape index (κ1) is 21.9. The number of nitrogens with one attached hydrogen (secondary N) is 1. The highest BCUT2D eigenvalue weighted by atomic mass is 32.2. The van der Waals surface area contributed by atoms with E-state index in [2.05, 4.69) is 5.32 Å². The molecule has 2 aromatic rings. The summed E-state index contributed by atoms with van der Waals surface area (Å²) < 4.78 is 39.5. The molecule has 3 rings (SSSR count). The molecule has 1 aliphatic rings. The first-order chi connectivity index (χ1) is 14.2. The molecule has 0 saturated carbocycles. The molecule has 0 aromatic heterocycles. The van der Waals surface area contributed by atoms with Gasteiger partial charge >= 0.3 is 10.2 Å². The summed E-state index contributed by atoms with van der Waals surface area (Å²) in [5.74, 6) is 0.859. The zero-order valence-corrected chi connectivity index (χ0v) is 18.4. The largest absolute Gasteiger partial charge is 0.486 e. The first-order valence-electron chi connectivity index (χ1n) is 9.61. The maximum atomic E-state index is 12.9. The van der Waals surface area contributed by atoms with Gasteiger partial charge in [-0.15, -0.1) is 0 Å². The van der Waals surface area contributed by atoms with Crippen molar-refractivity contribution in [3.8, 4) is 11.5 Å². The molecule has 0 unspecified atom stereocenters. The number of ether oxygens (including phenoxy) is 2. The van der Waals surface area contributed by atoms with Crippen LogP contribution < -0.4 is 19.1 Å². The number of hydrogen-bond donors (Lipinski definition) is 1. The number of aryl methyl sites for hydroxylation is 2. The molecular weight excluding hydrogens is 406 g/mol. The van der Waals surface area contributed by atoms with Crippen molar-refractivity contribution in [3.63, 3.8) is 0 Å². The lowest BCUT2D eigenvalue weighted by molar-refractivity contribution is -0.120. The van der Waals surface area contributed by atoms with Crippen LogP contribution in [0.25, 0.3) is 0 Å². The van der Waals surface area contributed by atoms with Gasteiger partial charge in [0, 0.05) is 14.1 Å². The number of benzene rings is 2. The highest BCUT2D eigenvalue weighted by molar-refractivity contribution is 7.90. The zero-order valence-electron chi connectivity index (χ0n) is 17.6. The van der Waals surface area contributed by atoms with E-state index >= 15 is 0 Å². The van der Waals surface area contributed by atoms with Gasteiger partial charge in [0.1, 0.15) is 19.3 Å². The van der Waals surface area contributed by atoms with Gasteiger partial charge in [0.15, 0.2) is 11.5 Å². The summed E-state index contributed by atoms with van der Waals surface area (Å²) in [6.45, 7) is 3.86. The molecule has 0 spiro atoms. The van der Waals surface area contributed by atoms with Gasteiger partial charge in [0.2, 0.25) is 5.91 Å². The van der Waals surface area contributed by atoms with Gasteiger partial charge in [-0.2, -0.15) is 12.7 Å². The molecule has 1 atom stereocenters. The number of para-hydroxylation sites is 2. The third kappa shape index (κ3) is 4.85. The maximum absolute atomic E-state index is 12.9. The van der Waals surface area contributed by atoms with Crippen molar-refractivity contribution in [1.29, 1.82) is 0 Å². The summed E-state index contributed by atoms with van der Waals surface area (Å²) in [6, 6.07) is 12.8. The second-order valence-corrected chi connectivity index (χ2v) is 9.46. The Kier molecular flexibility index (Phi) is 6.52. The van der Waals surface area contributed by atoms with Gasteiger partial charge in [-0.1, -0.05) is 24.3 Å². The van der Waals surface area contributed by atoms with Crippen LogP contribution in [0.15, 0.2) is 42.5 Å². The Labute approximate surface area is 177 Å². The van der Waals surface area contributed by atoms with Crippen LogP contribution in [-0.2, 0) is 15.0 Å². The molecule has 0 aliphatic carbocycles. The average Bonchev–Trinajstić information content (AvgIpc) is 2.72. The van der Waals surface area contributed by atoms with Gasteiger partial charge in [-0.25, -0.2) is 4.31 Å². The van der Waals surface area contributed by atoms with E-state index in [1.54, 1.807) is 12.1 Å². The molecule has 2 aromatic carbocycles. The number of hydrogen-bond acceptors (Lipinski definition) is 5. The fourth-order valence-electron chi connectivity index (χ4n) is 3.05. The molecular formula is C21H27N3O5S. The Balaban J connectivity index is 1.70. The Bertz CT molecular complexity index is 1020. The fraction of sp³-hybridized carbons (Fsp3) is 0.381. The third-order valence-corrected chi connectivity index (χ3v) is 6.56. The van der Waals surface area contributed by atoms with Crippen LogP contribution in [0, 0.1) is 13.8 Å². The van der Waals surface area contributed by atoms with Crippen molar-refractivity contribution in [3.05, 3.63) is 53.6 Å². The van der Waals surface area contributed by atoms with Crippen LogP contribution >= 0.6 is 0 Å². The van der Waals surface area contributed by atoms with Gasteiger partial charge in [0.25, 0.3) is 0 Å². The molecule has 162 valence electrons. The lowest BCUT2D eigenvalue weighted by atomic mass is 10.1. The molecule has 0 bridgehead atoms. The van der Waals surface area contributed by atoms with E-state index in [1.165, 1.54) is 14.1 Å². The quantitative estimate of drug-likeness (QED) is 0.720. The van der Waals surface area contributed by atoms with Crippen LogP contribution in [0.1, 0.15) is 11.1 Å². The normalized spacial score (nSPS) is 15.7. The van der Waals surface area contributed by atoms with E-state index in [9.17, 15) is 13.2 Å². The number of anilines is 1. The maximum Gasteiger partial charge on any atom is 0.304 e. The number of carbonyl (C=O) groups is 1. The minimum Gasteiger partial charge on any atom is -0.486 e. The van der Waals surface area contributed by atoms with E-state index in [1.807, 2.05) is 44.2 Å². The van der Waals surface area contributed by atoms with E-state index in [-0.39, 0.29) is 19.2 Å². The van der Waals surface area contributed by atoms with E-state index in [4.69, 9.17) is 9.47 Å². The summed E-state index contributed by atoms with van der Waals surface area (Å²) in [5, 5.41) is 2.76. The number of amides is 1. The van der Waals surface area contributed by atoms with Crippen molar-refractivity contribution in [2.75, 3.05) is 38.1 Å². The molecule has 30 heavy (non-hydrogen) atoms. The summed E-state index contributed by atoms with van der Waals surface area (Å²) in [7, 11) is -0.979. The van der Waals surface area contributed by atoms with Crippen LogP contribution in [0.3, 0.4) is 0 Å². The highest BCUT2D eigenvalue weighted by Gasteiger charge is 2.29. The summed E-state index contributed by atoms with van der Waals surface area (Å²) in [5.41, 5.74) is 2.14. The Morgan fingerprint density at radius 2 is 1.83 bits per heavy atom. The number of rotatable bonds is 7. The van der Waals surface area contributed by atoms with Gasteiger partial charge in [-0.05, 0) is 43.2 Å². The van der Waals surface area contributed by atoms with E-state index in [0.29, 0.717) is 23.8 Å². The van der Waals surface area contributed by atoms with Crippen LogP contribution in [0.4, 0.5) is 5.69 Å². The standard InChI is InChI=1S/C21H27N3O5S/c1-15-9-10-16(2)18(11-15)24(30(26,27)23(3)4)13-21(25)22-12-17-14-28-19-7-5-6-8-20(19)29-17/h5-11,17H,12-14H2,1-4H3,(H,22,25)/t17-/m1/s1. The minimum atomic E-state index is -3.86. The third-order valence-electron chi connectivity index (χ3n) is 4.75. The van der Waals surface area contributed by atoms with Gasteiger partial charge in [0.05, 0.1) is 12.2 Å². The van der Waals surface area contributed by atoms with Gasteiger partial charge in [-0.3, -0.25) is 4.79 Å². The molecule has 1 amide bonds. The van der Waals surface area contributed by atoms with Crippen molar-refractivity contribution >= 4 is 21.8 Å². The lowest BCUT2D eigenvalue weighted by Gasteiger charge is -2.29. The molecule has 1 aliphatic heterocycles. The predicted molar refractivity (Wildman–Crippen MR) is 115 cm³/mol. The molecule has 0 fully saturated rings. The minimum absolute atomic E-state index is 0.204. The highest BCUT2D eigenvalue weighted by Crippen LogP contribution is 2.30. The molecule has 0 saturated heterocycles. The molecule has 9 heteroatoms. The topological polar surface area (TPSA) is 88.2 Å². The first-order valence-corrected chi connectivity index (χ1v) is 11.0. The Morgan fingerprint density at radius 3 is 2.53 bits per heavy atom. The fourth-order valence-corrected chi connectivity index (χ4v) is 4.17. The molecule has 0 radical (unpaired) electrons. The predicted octanol–water partition coefficient (Wildman–Crippen LogP) is 1.87. The summed E-state index contributed by atoms with van der Waals surface area (Å²) in [6.07, 6.45) is -0.358. The molecule has 8 nitrogen and oxygen atoms in total. The lowest BCUT2D eigenvalue weighted by Crippen LogP contribution is -2.48. The van der Waals surface area contributed by atoms with Crippen molar-refractivity contribution in [2.45, 2.75) is 20.0 Å². The number of carbonyl (C=O) groups excluding carboxylic acids is 1. The van der Waals surface area contributed by atoms with E-state index in [0.717, 1.165) is 19.7 Å². The van der Waals surface area contributed by atoms with E-state index < -0.39 is 16.1 Å². The number of nitrogens with zero attached hydrogens (tertiary/aromatic N) is 2. The van der Waals surface area contributed by atoms with Crippen molar-refractivity contribution in [2.24, 2.45) is 0 Å². The number of fused-ring (bicyclic) bond motifs is 1. The van der Waals surface area contributed by atoms with Crippen LogP contribution in [0.2, 0.25) is 0 Å². The van der Waals surface area contributed by atoms with Crippen LogP contribution in [-0.4, -0.2) is 58.5 Å². The van der Waals surface area contributed by atoms with Crippen molar-refractivity contribution in [1.82, 2.24) is 9.62 Å². The van der Waals surface area contributed by atoms with Crippen LogP contribution in [0.5, 0.6) is 11.5 Å². The SMILES string of the molecule is Cc1ccc(C)c(N(CC(=O)NC[C@@H]2COc3ccccc3O2)S(=O)(=O)N(C)C)c1. The molecule has 1 heterocycles. The summed E-state index contributed by atoms with van der Waals surface area (Å²) in [4.78, 5) is 12.6. The Morgan fingerprint density at radius 1 is 1.13 bits per heavy atom. The summed E-state index contributed by atoms with van der Waals surface area (Å²) >= 11 is 0. The Hall–Kier alpha value is -2.78. The zero-order chi connectivity index (χ0) is 21.9. The second-order valence-electron chi connectivity index (χ2n) is 7.39.